The predicted molar refractivity (Wildman–Crippen MR) is 79.7 cm³/mol. The summed E-state index contributed by atoms with van der Waals surface area (Å²) in [4.78, 5) is 11.3. The van der Waals surface area contributed by atoms with Gasteiger partial charge in [0.2, 0.25) is 0 Å². The Labute approximate surface area is 128 Å². The molecule has 0 heterocycles. The summed E-state index contributed by atoms with van der Waals surface area (Å²) in [5, 5.41) is 8.99. The maximum absolute atomic E-state index is 12.4. The van der Waals surface area contributed by atoms with Crippen LogP contribution in [0.3, 0.4) is 0 Å². The zero-order chi connectivity index (χ0) is 16.2. The van der Waals surface area contributed by atoms with Gasteiger partial charge in [0.25, 0.3) is 10.0 Å². The van der Waals surface area contributed by atoms with Gasteiger partial charge >= 0.3 is 5.97 Å². The molecule has 1 N–H and O–H groups in total. The molecule has 0 aliphatic carbocycles. The second kappa shape index (κ2) is 6.28. The molecule has 2 aromatic rings. The van der Waals surface area contributed by atoms with Crippen molar-refractivity contribution in [2.45, 2.75) is 4.90 Å². The second-order valence-electron chi connectivity index (χ2n) is 4.29. The first-order valence-corrected chi connectivity index (χ1v) is 7.66. The van der Waals surface area contributed by atoms with Gasteiger partial charge in [0, 0.05) is 5.69 Å². The smallest absolute Gasteiger partial charge is 0.337 e. The maximum Gasteiger partial charge on any atom is 0.337 e. The molecule has 6 nitrogen and oxygen atoms in total. The van der Waals surface area contributed by atoms with Crippen LogP contribution in [0.25, 0.3) is 0 Å². The summed E-state index contributed by atoms with van der Waals surface area (Å²) in [7, 11) is -2.69. The molecule has 112 valence electrons. The Morgan fingerprint density at radius 3 is 2.59 bits per heavy atom. The number of anilines is 1. The third kappa shape index (κ3) is 3.24. The summed E-state index contributed by atoms with van der Waals surface area (Å²) >= 11 is 0. The largest absolute Gasteiger partial charge is 0.465 e. The number of rotatable bonds is 4. The normalized spacial score (nSPS) is 10.5. The zero-order valence-corrected chi connectivity index (χ0v) is 12.4. The number of hydrogen-bond donors (Lipinski definition) is 1. The molecule has 2 aromatic carbocycles. The third-order valence-corrected chi connectivity index (χ3v) is 4.27. The van der Waals surface area contributed by atoms with Crippen LogP contribution in [0.1, 0.15) is 15.9 Å². The number of carbonyl (C=O) groups excluding carboxylic acids is 1. The average molecular weight is 316 g/mol. The Bertz CT molecular complexity index is 854. The molecule has 0 saturated carbocycles. The predicted octanol–water partition coefficient (Wildman–Crippen LogP) is 2.15. The zero-order valence-electron chi connectivity index (χ0n) is 11.6. The molecular weight excluding hydrogens is 304 g/mol. The maximum atomic E-state index is 12.4. The molecule has 0 unspecified atom stereocenters. The minimum Gasteiger partial charge on any atom is -0.465 e. The van der Waals surface area contributed by atoms with Crippen LogP contribution in [0.15, 0.2) is 53.4 Å². The first kappa shape index (κ1) is 15.5. The van der Waals surface area contributed by atoms with Crippen LogP contribution in [-0.4, -0.2) is 21.5 Å². The van der Waals surface area contributed by atoms with Crippen molar-refractivity contribution in [1.82, 2.24) is 0 Å². The van der Waals surface area contributed by atoms with Gasteiger partial charge in [-0.05, 0) is 30.3 Å². The van der Waals surface area contributed by atoms with E-state index in [2.05, 4.69) is 9.46 Å². The number of methoxy groups -OCH3 is 1. The lowest BCUT2D eigenvalue weighted by Crippen LogP contribution is -2.14. The number of ether oxygens (including phenoxy) is 1. The van der Waals surface area contributed by atoms with E-state index in [1.165, 1.54) is 49.6 Å². The summed E-state index contributed by atoms with van der Waals surface area (Å²) < 4.78 is 31.6. The fraction of sp³-hybridized carbons (Fsp3) is 0.0667. The highest BCUT2D eigenvalue weighted by molar-refractivity contribution is 7.92. The summed E-state index contributed by atoms with van der Waals surface area (Å²) in [5.74, 6) is -0.571. The second-order valence-corrected chi connectivity index (χ2v) is 5.94. The van der Waals surface area contributed by atoms with Gasteiger partial charge < -0.3 is 4.74 Å². The van der Waals surface area contributed by atoms with Crippen LogP contribution in [0.4, 0.5) is 5.69 Å². The number of carbonyl (C=O) groups is 1. The minimum atomic E-state index is -3.93. The Hall–Kier alpha value is -2.85. The van der Waals surface area contributed by atoms with Crippen molar-refractivity contribution in [3.05, 3.63) is 59.7 Å². The van der Waals surface area contributed by atoms with Crippen LogP contribution < -0.4 is 4.72 Å². The van der Waals surface area contributed by atoms with Crippen molar-refractivity contribution < 1.29 is 17.9 Å². The molecule has 0 radical (unpaired) electrons. The molecule has 0 aliphatic rings. The van der Waals surface area contributed by atoms with Gasteiger partial charge in [-0.15, -0.1) is 0 Å². The van der Waals surface area contributed by atoms with Crippen molar-refractivity contribution in [2.75, 3.05) is 11.8 Å². The Balaban J connectivity index is 2.38. The van der Waals surface area contributed by atoms with E-state index in [1.807, 2.05) is 6.07 Å². The molecule has 0 aromatic heterocycles. The Morgan fingerprint density at radius 1 is 1.18 bits per heavy atom. The number of nitrogens with zero attached hydrogens (tertiary/aromatic N) is 1. The lowest BCUT2D eigenvalue weighted by Gasteiger charge is -2.10. The van der Waals surface area contributed by atoms with Crippen LogP contribution in [0, 0.1) is 11.3 Å². The van der Waals surface area contributed by atoms with E-state index in [1.54, 1.807) is 6.07 Å². The Kier molecular flexibility index (Phi) is 4.44. The monoisotopic (exact) mass is 316 g/mol. The first-order valence-electron chi connectivity index (χ1n) is 6.18. The molecule has 0 spiro atoms. The van der Waals surface area contributed by atoms with E-state index >= 15 is 0 Å². The SMILES string of the molecule is COC(=O)c1cccc(NS(=O)(=O)c2ccccc2C#N)c1. The van der Waals surface area contributed by atoms with Crippen LogP contribution in [0.5, 0.6) is 0 Å². The van der Waals surface area contributed by atoms with Crippen molar-refractivity contribution in [2.24, 2.45) is 0 Å². The molecule has 0 bridgehead atoms. The molecule has 7 heteroatoms. The van der Waals surface area contributed by atoms with Crippen molar-refractivity contribution in [1.29, 1.82) is 5.26 Å². The lowest BCUT2D eigenvalue weighted by atomic mass is 10.2. The summed E-state index contributed by atoms with van der Waals surface area (Å²) in [5.41, 5.74) is 0.464. The van der Waals surface area contributed by atoms with Gasteiger partial charge in [-0.3, -0.25) is 4.72 Å². The third-order valence-electron chi connectivity index (χ3n) is 2.83. The quantitative estimate of drug-likeness (QED) is 0.872. The van der Waals surface area contributed by atoms with Gasteiger partial charge in [0.05, 0.1) is 18.2 Å². The summed E-state index contributed by atoms with van der Waals surface area (Å²) in [6, 6.07) is 13.6. The summed E-state index contributed by atoms with van der Waals surface area (Å²) in [6.07, 6.45) is 0. The van der Waals surface area contributed by atoms with E-state index < -0.39 is 16.0 Å². The van der Waals surface area contributed by atoms with Crippen LogP contribution >= 0.6 is 0 Å². The summed E-state index contributed by atoms with van der Waals surface area (Å²) in [6.45, 7) is 0. The Morgan fingerprint density at radius 2 is 1.91 bits per heavy atom. The highest BCUT2D eigenvalue weighted by Crippen LogP contribution is 2.20. The van der Waals surface area contributed by atoms with Gasteiger partial charge in [0.15, 0.2) is 0 Å². The number of nitriles is 1. The van der Waals surface area contributed by atoms with Gasteiger partial charge in [-0.1, -0.05) is 18.2 Å². The topological polar surface area (TPSA) is 96.3 Å². The molecule has 0 atom stereocenters. The molecule has 0 fully saturated rings. The number of hydrogen-bond acceptors (Lipinski definition) is 5. The highest BCUT2D eigenvalue weighted by atomic mass is 32.2. The molecule has 22 heavy (non-hydrogen) atoms. The average Bonchev–Trinajstić information content (AvgIpc) is 2.53. The molecule has 0 amide bonds. The van der Waals surface area contributed by atoms with Gasteiger partial charge in [-0.25, -0.2) is 13.2 Å². The van der Waals surface area contributed by atoms with E-state index in [0.717, 1.165) is 0 Å². The van der Waals surface area contributed by atoms with E-state index in [-0.39, 0.29) is 21.7 Å². The number of esters is 1. The highest BCUT2D eigenvalue weighted by Gasteiger charge is 2.18. The molecule has 2 rings (SSSR count). The van der Waals surface area contributed by atoms with Crippen molar-refractivity contribution in [3.8, 4) is 6.07 Å². The first-order chi connectivity index (χ1) is 10.5. The van der Waals surface area contributed by atoms with E-state index in [4.69, 9.17) is 5.26 Å². The fourth-order valence-corrected chi connectivity index (χ4v) is 3.04. The lowest BCUT2D eigenvalue weighted by molar-refractivity contribution is 0.0601. The molecule has 0 aliphatic heterocycles. The minimum absolute atomic E-state index is 0.0409. The molecular formula is C15H12N2O4S. The van der Waals surface area contributed by atoms with E-state index in [0.29, 0.717) is 0 Å². The number of sulfonamides is 1. The van der Waals surface area contributed by atoms with Crippen LogP contribution in [0.2, 0.25) is 0 Å². The van der Waals surface area contributed by atoms with Gasteiger partial charge in [0.1, 0.15) is 11.0 Å². The number of benzene rings is 2. The fourth-order valence-electron chi connectivity index (χ4n) is 1.83. The van der Waals surface area contributed by atoms with Crippen molar-refractivity contribution >= 4 is 21.7 Å². The van der Waals surface area contributed by atoms with Crippen LogP contribution in [-0.2, 0) is 14.8 Å². The molecule has 0 saturated heterocycles. The van der Waals surface area contributed by atoms with Gasteiger partial charge in [-0.2, -0.15) is 5.26 Å². The van der Waals surface area contributed by atoms with Crippen molar-refractivity contribution in [3.63, 3.8) is 0 Å². The number of nitrogens with one attached hydrogen (secondary N) is 1. The van der Waals surface area contributed by atoms with E-state index in [9.17, 15) is 13.2 Å². The standard InChI is InChI=1S/C15H12N2O4S/c1-21-15(18)11-6-4-7-13(9-11)17-22(19,20)14-8-3-2-5-12(14)10-16/h2-9,17H,1H3.